The first-order valence-corrected chi connectivity index (χ1v) is 6.51. The summed E-state index contributed by atoms with van der Waals surface area (Å²) in [6.07, 6.45) is 3.32. The van der Waals surface area contributed by atoms with Gasteiger partial charge in [0.25, 0.3) is 0 Å². The van der Waals surface area contributed by atoms with Crippen LogP contribution in [0.1, 0.15) is 24.3 Å². The molecule has 0 aliphatic rings. The Bertz CT molecular complexity index is 424. The van der Waals surface area contributed by atoms with Gasteiger partial charge in [0, 0.05) is 5.56 Å². The molecule has 2 heterocycles. The summed E-state index contributed by atoms with van der Waals surface area (Å²) in [6, 6.07) is 3.79. The third-order valence-corrected chi connectivity index (χ3v) is 3.57. The van der Waals surface area contributed by atoms with Crippen molar-refractivity contribution in [2.24, 2.45) is 0 Å². The highest BCUT2D eigenvalue weighted by molar-refractivity contribution is 9.10. The standard InChI is InChI=1S/C11H11Br2NO2/c1-2-14-9(7-3-5-16-11(7)13)10-8(12)4-6-15-10/h3-6,9,14H,2H2,1H3. The average Bonchev–Trinajstić information content (AvgIpc) is 2.84. The van der Waals surface area contributed by atoms with E-state index in [0.29, 0.717) is 0 Å². The normalized spacial score (nSPS) is 12.9. The van der Waals surface area contributed by atoms with E-state index in [9.17, 15) is 0 Å². The van der Waals surface area contributed by atoms with E-state index in [4.69, 9.17) is 8.83 Å². The molecule has 0 bridgehead atoms. The summed E-state index contributed by atoms with van der Waals surface area (Å²) in [6.45, 7) is 2.90. The fraction of sp³-hybridized carbons (Fsp3) is 0.273. The van der Waals surface area contributed by atoms with Crippen LogP contribution in [0.25, 0.3) is 0 Å². The second-order valence-corrected chi connectivity index (χ2v) is 4.85. The minimum atomic E-state index is -0.0116. The van der Waals surface area contributed by atoms with Crippen molar-refractivity contribution in [3.8, 4) is 0 Å². The maximum absolute atomic E-state index is 5.49. The molecule has 0 fully saturated rings. The van der Waals surface area contributed by atoms with Gasteiger partial charge in [0.15, 0.2) is 4.67 Å². The zero-order valence-electron chi connectivity index (χ0n) is 8.67. The molecule has 0 aliphatic carbocycles. The third kappa shape index (κ3) is 2.26. The van der Waals surface area contributed by atoms with Gasteiger partial charge in [-0.2, -0.15) is 0 Å². The van der Waals surface area contributed by atoms with Crippen LogP contribution in [0.4, 0.5) is 0 Å². The van der Waals surface area contributed by atoms with Crippen molar-refractivity contribution in [3.05, 3.63) is 45.1 Å². The molecule has 0 saturated carbocycles. The van der Waals surface area contributed by atoms with Crippen LogP contribution in [-0.4, -0.2) is 6.54 Å². The fourth-order valence-electron chi connectivity index (χ4n) is 1.57. The van der Waals surface area contributed by atoms with Crippen molar-refractivity contribution in [1.29, 1.82) is 0 Å². The first kappa shape index (κ1) is 12.0. The van der Waals surface area contributed by atoms with Gasteiger partial charge >= 0.3 is 0 Å². The van der Waals surface area contributed by atoms with Crippen LogP contribution >= 0.6 is 31.9 Å². The van der Waals surface area contributed by atoms with Gasteiger partial charge in [-0.15, -0.1) is 0 Å². The zero-order valence-corrected chi connectivity index (χ0v) is 11.8. The first-order chi connectivity index (χ1) is 7.74. The van der Waals surface area contributed by atoms with E-state index >= 15 is 0 Å². The van der Waals surface area contributed by atoms with Crippen LogP contribution in [0.2, 0.25) is 0 Å². The predicted molar refractivity (Wildman–Crippen MR) is 68.3 cm³/mol. The van der Waals surface area contributed by atoms with Gasteiger partial charge in [-0.1, -0.05) is 6.92 Å². The van der Waals surface area contributed by atoms with Gasteiger partial charge in [-0.25, -0.2) is 0 Å². The second kappa shape index (κ2) is 5.21. The van der Waals surface area contributed by atoms with Crippen molar-refractivity contribution < 1.29 is 8.83 Å². The molecular formula is C11H11Br2NO2. The molecular weight excluding hydrogens is 338 g/mol. The molecule has 1 atom stereocenters. The van der Waals surface area contributed by atoms with E-state index in [0.717, 1.165) is 27.0 Å². The first-order valence-electron chi connectivity index (χ1n) is 4.93. The summed E-state index contributed by atoms with van der Waals surface area (Å²) in [7, 11) is 0. The Morgan fingerprint density at radius 1 is 1.25 bits per heavy atom. The Kier molecular flexibility index (Phi) is 3.89. The molecule has 1 unspecified atom stereocenters. The molecule has 0 radical (unpaired) electrons. The Morgan fingerprint density at radius 2 is 2.00 bits per heavy atom. The fourth-order valence-corrected chi connectivity index (χ4v) is 2.47. The monoisotopic (exact) mass is 347 g/mol. The number of rotatable bonds is 4. The molecule has 2 rings (SSSR count). The van der Waals surface area contributed by atoms with Gasteiger partial charge in [-0.05, 0) is 50.5 Å². The third-order valence-electron chi connectivity index (χ3n) is 2.27. The van der Waals surface area contributed by atoms with Crippen LogP contribution in [0, 0.1) is 0 Å². The predicted octanol–water partition coefficient (Wildman–Crippen LogP) is 4.10. The molecule has 3 nitrogen and oxygen atoms in total. The van der Waals surface area contributed by atoms with Crippen molar-refractivity contribution in [1.82, 2.24) is 5.32 Å². The van der Waals surface area contributed by atoms with E-state index in [2.05, 4.69) is 44.1 Å². The summed E-state index contributed by atoms with van der Waals surface area (Å²) in [4.78, 5) is 0. The van der Waals surface area contributed by atoms with Crippen LogP contribution in [0.5, 0.6) is 0 Å². The highest BCUT2D eigenvalue weighted by Gasteiger charge is 2.22. The topological polar surface area (TPSA) is 38.3 Å². The molecule has 0 spiro atoms. The SMILES string of the molecule is CCNC(c1ccoc1Br)c1occc1Br. The number of hydrogen-bond donors (Lipinski definition) is 1. The van der Waals surface area contributed by atoms with E-state index in [1.165, 1.54) is 0 Å². The summed E-state index contributed by atoms with van der Waals surface area (Å²) < 4.78 is 12.4. The van der Waals surface area contributed by atoms with E-state index in [1.807, 2.05) is 12.1 Å². The maximum Gasteiger partial charge on any atom is 0.174 e. The lowest BCUT2D eigenvalue weighted by molar-refractivity contribution is 0.443. The Balaban J connectivity index is 2.39. The summed E-state index contributed by atoms with van der Waals surface area (Å²) in [5.74, 6) is 0.851. The number of hydrogen-bond acceptors (Lipinski definition) is 3. The largest absolute Gasteiger partial charge is 0.466 e. The lowest BCUT2D eigenvalue weighted by atomic mass is 10.1. The van der Waals surface area contributed by atoms with Crippen molar-refractivity contribution >= 4 is 31.9 Å². The Labute approximate surface area is 110 Å². The van der Waals surface area contributed by atoms with Gasteiger partial charge in [-0.3, -0.25) is 0 Å². The number of furan rings is 2. The number of halogens is 2. The lowest BCUT2D eigenvalue weighted by Crippen LogP contribution is -2.21. The molecule has 0 amide bonds. The highest BCUT2D eigenvalue weighted by Crippen LogP contribution is 2.33. The average molecular weight is 349 g/mol. The van der Waals surface area contributed by atoms with Crippen LogP contribution in [-0.2, 0) is 0 Å². The van der Waals surface area contributed by atoms with Gasteiger partial charge in [0.2, 0.25) is 0 Å². The minimum absolute atomic E-state index is 0.0116. The Hall–Kier alpha value is -0.520. The summed E-state index contributed by atoms with van der Waals surface area (Å²) >= 11 is 6.85. The zero-order chi connectivity index (χ0) is 11.5. The molecule has 0 saturated heterocycles. The highest BCUT2D eigenvalue weighted by atomic mass is 79.9. The van der Waals surface area contributed by atoms with Gasteiger partial charge in [0.05, 0.1) is 23.0 Å². The molecule has 16 heavy (non-hydrogen) atoms. The van der Waals surface area contributed by atoms with Crippen LogP contribution in [0.15, 0.2) is 42.6 Å². The Morgan fingerprint density at radius 3 is 2.50 bits per heavy atom. The summed E-state index contributed by atoms with van der Waals surface area (Å²) in [5, 5.41) is 3.36. The second-order valence-electron chi connectivity index (χ2n) is 3.27. The minimum Gasteiger partial charge on any atom is -0.466 e. The van der Waals surface area contributed by atoms with E-state index in [1.54, 1.807) is 12.5 Å². The van der Waals surface area contributed by atoms with Crippen LogP contribution in [0.3, 0.4) is 0 Å². The number of nitrogens with one attached hydrogen (secondary N) is 1. The van der Waals surface area contributed by atoms with Crippen LogP contribution < -0.4 is 5.32 Å². The molecule has 2 aromatic heterocycles. The molecule has 86 valence electrons. The van der Waals surface area contributed by atoms with Crippen molar-refractivity contribution in [2.45, 2.75) is 13.0 Å². The molecule has 5 heteroatoms. The van der Waals surface area contributed by atoms with E-state index < -0.39 is 0 Å². The molecule has 2 aromatic rings. The van der Waals surface area contributed by atoms with E-state index in [-0.39, 0.29) is 6.04 Å². The van der Waals surface area contributed by atoms with Crippen molar-refractivity contribution in [3.63, 3.8) is 0 Å². The van der Waals surface area contributed by atoms with Crippen molar-refractivity contribution in [2.75, 3.05) is 6.54 Å². The van der Waals surface area contributed by atoms with Gasteiger partial charge < -0.3 is 14.2 Å². The molecule has 0 aliphatic heterocycles. The van der Waals surface area contributed by atoms with Gasteiger partial charge in [0.1, 0.15) is 5.76 Å². The quantitative estimate of drug-likeness (QED) is 0.904. The lowest BCUT2D eigenvalue weighted by Gasteiger charge is -2.14. The maximum atomic E-state index is 5.49. The smallest absolute Gasteiger partial charge is 0.174 e. The summed E-state index contributed by atoms with van der Waals surface area (Å²) in [5.41, 5.74) is 1.03. The molecule has 1 N–H and O–H groups in total. The molecule has 0 aromatic carbocycles.